The number of carbonyl (C=O) groups excluding carboxylic acids is 2. The van der Waals surface area contributed by atoms with Crippen molar-refractivity contribution in [1.29, 1.82) is 0 Å². The van der Waals surface area contributed by atoms with Crippen molar-refractivity contribution >= 4 is 32.8 Å². The van der Waals surface area contributed by atoms with Crippen molar-refractivity contribution in [2.75, 3.05) is 5.32 Å². The molecule has 0 aliphatic carbocycles. The van der Waals surface area contributed by atoms with E-state index in [1.807, 2.05) is 5.32 Å². The van der Waals surface area contributed by atoms with Crippen LogP contribution in [0, 0.1) is 0 Å². The average molecular weight is 234 g/mol. The molecule has 0 fully saturated rings. The molecule has 12 heavy (non-hydrogen) atoms. The molecule has 8 heteroatoms. The van der Waals surface area contributed by atoms with Gasteiger partial charge in [-0.2, -0.15) is 0 Å². The summed E-state index contributed by atoms with van der Waals surface area (Å²) in [6.07, 6.45) is 0. The second kappa shape index (κ2) is 3.33. The van der Waals surface area contributed by atoms with Gasteiger partial charge in [0.05, 0.1) is 0 Å². The molecular weight excluding hydrogens is 231 g/mol. The van der Waals surface area contributed by atoms with Crippen molar-refractivity contribution in [2.24, 2.45) is 5.73 Å². The van der Waals surface area contributed by atoms with Gasteiger partial charge < -0.3 is 0 Å². The van der Waals surface area contributed by atoms with Gasteiger partial charge >= 0.3 is 72.2 Å². The van der Waals surface area contributed by atoms with Gasteiger partial charge in [0.25, 0.3) is 0 Å². The quantitative estimate of drug-likeness (QED) is 0.543. The summed E-state index contributed by atoms with van der Waals surface area (Å²) < 4.78 is 7.13. The molecule has 0 bridgehead atoms. The Balaban J connectivity index is 2.91. The summed E-state index contributed by atoms with van der Waals surface area (Å²) >= 11 is -0.535. The van der Waals surface area contributed by atoms with Crippen LogP contribution in [0.1, 0.15) is 10.5 Å². The molecule has 0 aliphatic rings. The second-order valence-corrected chi connectivity index (χ2v) is 2.85. The Labute approximate surface area is 72.8 Å². The molecule has 0 spiro atoms. The molecule has 0 saturated heterocycles. The SMILES string of the molecule is NC(=O)Nc1n[se]nc1C(=O)[O-]. The number of aromatic carboxylic acids is 1. The van der Waals surface area contributed by atoms with Crippen molar-refractivity contribution in [3.8, 4) is 0 Å². The molecule has 2 amide bonds. The third-order valence-electron chi connectivity index (χ3n) is 0.923. The normalized spacial score (nSPS) is 9.33. The van der Waals surface area contributed by atoms with Crippen LogP contribution in [0.15, 0.2) is 0 Å². The van der Waals surface area contributed by atoms with E-state index in [9.17, 15) is 14.7 Å². The first-order valence-corrected chi connectivity index (χ1v) is 4.25. The molecular formula is C4H3N4O3Se-. The predicted molar refractivity (Wildman–Crippen MR) is 36.5 cm³/mol. The molecule has 0 aromatic carbocycles. The molecule has 1 aromatic rings. The predicted octanol–water partition coefficient (Wildman–Crippen LogP) is -2.61. The van der Waals surface area contributed by atoms with Crippen molar-refractivity contribution < 1.29 is 14.7 Å². The van der Waals surface area contributed by atoms with Gasteiger partial charge in [-0.15, -0.1) is 0 Å². The molecule has 0 unspecified atom stereocenters. The van der Waals surface area contributed by atoms with Crippen molar-refractivity contribution in [1.82, 2.24) is 7.96 Å². The standard InChI is InChI=1S/C4H4N4O3Se/c5-4(11)6-2-1(3(9)10)7-12-8-2/h(H,9,10)(H3,5,6,8,11)/p-1. The number of nitrogens with one attached hydrogen (secondary N) is 1. The first-order valence-electron chi connectivity index (χ1n) is 2.71. The Bertz CT molecular complexity index is 322. The maximum atomic E-state index is 10.3. The molecule has 1 rings (SSSR count). The second-order valence-electron chi connectivity index (χ2n) is 1.74. The number of aromatic nitrogens is 2. The summed E-state index contributed by atoms with van der Waals surface area (Å²) in [5, 5.41) is 12.3. The third kappa shape index (κ3) is 1.80. The van der Waals surface area contributed by atoms with Gasteiger partial charge in [0, 0.05) is 0 Å². The number of carboxylic acid groups (broad SMARTS) is 1. The van der Waals surface area contributed by atoms with Crippen LogP contribution in [0.2, 0.25) is 0 Å². The molecule has 3 N–H and O–H groups in total. The Morgan fingerprint density at radius 2 is 2.17 bits per heavy atom. The zero-order chi connectivity index (χ0) is 9.14. The topological polar surface area (TPSA) is 121 Å². The van der Waals surface area contributed by atoms with Crippen molar-refractivity contribution in [2.45, 2.75) is 0 Å². The zero-order valence-corrected chi connectivity index (χ0v) is 7.32. The first kappa shape index (κ1) is 8.69. The van der Waals surface area contributed by atoms with Crippen molar-refractivity contribution in [3.05, 3.63) is 5.69 Å². The van der Waals surface area contributed by atoms with Gasteiger partial charge in [-0.25, -0.2) is 0 Å². The van der Waals surface area contributed by atoms with Gasteiger partial charge in [-0.3, -0.25) is 0 Å². The van der Waals surface area contributed by atoms with E-state index < -0.39 is 27.0 Å². The summed E-state index contributed by atoms with van der Waals surface area (Å²) in [5.74, 6) is -1.59. The number of nitrogens with zero attached hydrogens (tertiary/aromatic N) is 2. The zero-order valence-electron chi connectivity index (χ0n) is 5.60. The number of hydrogen-bond donors (Lipinski definition) is 2. The molecule has 1 aromatic heterocycles. The van der Waals surface area contributed by atoms with Crippen LogP contribution in [-0.2, 0) is 0 Å². The number of carboxylic acids is 1. The van der Waals surface area contributed by atoms with Gasteiger partial charge in [-0.05, 0) is 0 Å². The van der Waals surface area contributed by atoms with Crippen molar-refractivity contribution in [3.63, 3.8) is 0 Å². The van der Waals surface area contributed by atoms with E-state index in [0.717, 1.165) is 0 Å². The van der Waals surface area contributed by atoms with Crippen LogP contribution in [-0.4, -0.2) is 34.9 Å². The maximum absolute atomic E-state index is 10.3. The molecule has 0 atom stereocenters. The number of primary amides is 1. The number of amides is 2. The molecule has 7 nitrogen and oxygen atoms in total. The van der Waals surface area contributed by atoms with Crippen LogP contribution in [0.4, 0.5) is 10.6 Å². The number of rotatable bonds is 2. The fraction of sp³-hybridized carbons (Fsp3) is 0. The Morgan fingerprint density at radius 1 is 1.50 bits per heavy atom. The van der Waals surface area contributed by atoms with Gasteiger partial charge in [-0.1, -0.05) is 0 Å². The van der Waals surface area contributed by atoms with Crippen LogP contribution >= 0.6 is 0 Å². The Kier molecular flexibility index (Phi) is 2.41. The molecule has 1 heterocycles. The minimum absolute atomic E-state index is 0.123. The van der Waals surface area contributed by atoms with E-state index >= 15 is 0 Å². The van der Waals surface area contributed by atoms with E-state index in [0.29, 0.717) is 0 Å². The number of hydrogen-bond acceptors (Lipinski definition) is 5. The van der Waals surface area contributed by atoms with Gasteiger partial charge in [0.2, 0.25) is 0 Å². The van der Waals surface area contributed by atoms with Crippen LogP contribution < -0.4 is 16.2 Å². The average Bonchev–Trinajstić information content (AvgIpc) is 2.33. The van der Waals surface area contributed by atoms with E-state index in [4.69, 9.17) is 5.73 Å². The number of carbonyl (C=O) groups is 2. The fourth-order valence-corrected chi connectivity index (χ4v) is 1.56. The van der Waals surface area contributed by atoms with E-state index in [1.165, 1.54) is 0 Å². The van der Waals surface area contributed by atoms with E-state index in [2.05, 4.69) is 7.96 Å². The van der Waals surface area contributed by atoms with Gasteiger partial charge in [0.1, 0.15) is 0 Å². The molecule has 64 valence electrons. The number of urea groups is 1. The monoisotopic (exact) mass is 235 g/mol. The van der Waals surface area contributed by atoms with Crippen LogP contribution in [0.5, 0.6) is 0 Å². The summed E-state index contributed by atoms with van der Waals surface area (Å²) in [6, 6.07) is -0.875. The van der Waals surface area contributed by atoms with E-state index in [-0.39, 0.29) is 11.5 Å². The first-order chi connectivity index (χ1) is 5.61. The minimum atomic E-state index is -1.47. The molecule has 0 saturated carbocycles. The van der Waals surface area contributed by atoms with E-state index in [1.54, 1.807) is 0 Å². The summed E-state index contributed by atoms with van der Waals surface area (Å²) in [5.41, 5.74) is 4.39. The fourth-order valence-electron chi connectivity index (χ4n) is 0.521. The van der Waals surface area contributed by atoms with Gasteiger partial charge in [0.15, 0.2) is 0 Å². The molecule has 0 aliphatic heterocycles. The Morgan fingerprint density at radius 3 is 2.67 bits per heavy atom. The number of nitrogens with two attached hydrogens (primary N) is 1. The summed E-state index contributed by atoms with van der Waals surface area (Å²) in [4.78, 5) is 20.6. The summed E-state index contributed by atoms with van der Waals surface area (Å²) in [7, 11) is 0. The Hall–Kier alpha value is -1.40. The molecule has 0 radical (unpaired) electrons. The third-order valence-corrected chi connectivity index (χ3v) is 2.03. The van der Waals surface area contributed by atoms with Crippen LogP contribution in [0.25, 0.3) is 0 Å². The number of anilines is 1. The summed E-state index contributed by atoms with van der Waals surface area (Å²) in [6.45, 7) is 0. The van der Waals surface area contributed by atoms with Crippen LogP contribution in [0.3, 0.4) is 0 Å².